The Bertz CT molecular complexity index is 4470. The lowest BCUT2D eigenvalue weighted by Crippen LogP contribution is -2.64. The number of nitrogens with one attached hydrogen (secondary N) is 2. The summed E-state index contributed by atoms with van der Waals surface area (Å²) in [5, 5.41) is 63.0. The number of aromatic carboxylic acids is 1. The maximum Gasteiger partial charge on any atom is 0.409 e. The van der Waals surface area contributed by atoms with Gasteiger partial charge in [-0.2, -0.15) is 13.5 Å². The van der Waals surface area contributed by atoms with Crippen LogP contribution in [0.3, 0.4) is 0 Å². The molecule has 13 rings (SSSR count). The van der Waals surface area contributed by atoms with Crippen LogP contribution >= 0.6 is 11.3 Å². The van der Waals surface area contributed by atoms with Gasteiger partial charge in [0.25, 0.3) is 27.8 Å². The maximum absolute atomic E-state index is 13.9. The summed E-state index contributed by atoms with van der Waals surface area (Å²) in [4.78, 5) is 117. The number of carboxylic acid groups (broad SMARTS) is 2. The van der Waals surface area contributed by atoms with Gasteiger partial charge in [-0.3, -0.25) is 43.4 Å². The summed E-state index contributed by atoms with van der Waals surface area (Å²) >= 11 is 1.40. The van der Waals surface area contributed by atoms with E-state index in [2.05, 4.69) is 29.5 Å². The van der Waals surface area contributed by atoms with Gasteiger partial charge in [0, 0.05) is 93.7 Å². The number of para-hydroxylation sites is 1. The van der Waals surface area contributed by atoms with Crippen LogP contribution in [-0.2, 0) is 80.8 Å². The lowest BCUT2D eigenvalue weighted by molar-refractivity contribution is -0.271. The number of aliphatic hydroxyl groups excluding tert-OH is 3. The number of carboxylic acids is 2. The summed E-state index contributed by atoms with van der Waals surface area (Å²) in [5.74, 6) is -6.99. The van der Waals surface area contributed by atoms with Crippen molar-refractivity contribution in [1.29, 1.82) is 0 Å². The number of amides is 5. The smallest absolute Gasteiger partial charge is 0.409 e. The fourth-order valence-electron chi connectivity index (χ4n) is 17.6. The molecule has 4 bridgehead atoms. The van der Waals surface area contributed by atoms with Crippen molar-refractivity contribution >= 4 is 90.1 Å². The van der Waals surface area contributed by atoms with Crippen molar-refractivity contribution in [2.75, 3.05) is 55.8 Å². The van der Waals surface area contributed by atoms with E-state index >= 15 is 0 Å². The first-order chi connectivity index (χ1) is 50.4. The molecular weight excluding hydrogens is 1410 g/mol. The van der Waals surface area contributed by atoms with Crippen molar-refractivity contribution in [2.24, 2.45) is 22.2 Å². The Labute approximate surface area is 616 Å². The van der Waals surface area contributed by atoms with Crippen LogP contribution in [0, 0.1) is 29.1 Å². The van der Waals surface area contributed by atoms with Crippen LogP contribution in [0.2, 0.25) is 0 Å². The number of aliphatic hydroxyl groups is 3. The highest BCUT2D eigenvalue weighted by Gasteiger charge is 2.66. The van der Waals surface area contributed by atoms with E-state index in [9.17, 15) is 76.9 Å². The van der Waals surface area contributed by atoms with E-state index in [0.29, 0.717) is 96.9 Å². The van der Waals surface area contributed by atoms with E-state index in [1.807, 2.05) is 59.0 Å². The first-order valence-corrected chi connectivity index (χ1v) is 38.1. The molecule has 3 aromatic carbocycles. The summed E-state index contributed by atoms with van der Waals surface area (Å²) < 4.78 is 60.7. The molecule has 8 atom stereocenters. The van der Waals surface area contributed by atoms with E-state index < -0.39 is 106 Å². The number of aliphatic carboxylic acids is 1. The van der Waals surface area contributed by atoms with E-state index in [1.54, 1.807) is 37.5 Å². The number of hydrogen-bond acceptors (Lipinski definition) is 22. The number of ketones is 1. The number of aryl methyl sites for hydroxylation is 1. The van der Waals surface area contributed by atoms with Crippen molar-refractivity contribution in [2.45, 2.75) is 173 Å². The Balaban J connectivity index is 0.662. The summed E-state index contributed by atoms with van der Waals surface area (Å²) in [6, 6.07) is 21.6. The van der Waals surface area contributed by atoms with Gasteiger partial charge in [0.1, 0.15) is 42.3 Å². The Morgan fingerprint density at radius 3 is 2.31 bits per heavy atom. The average molecular weight is 1500 g/mol. The van der Waals surface area contributed by atoms with Gasteiger partial charge in [0.2, 0.25) is 12.2 Å². The van der Waals surface area contributed by atoms with Crippen LogP contribution in [0.1, 0.15) is 146 Å². The molecule has 8 N–H and O–H groups in total. The number of rotatable bonds is 32. The highest BCUT2D eigenvalue weighted by molar-refractivity contribution is 7.85. The highest BCUT2D eigenvalue weighted by Crippen LogP contribution is 2.72. The van der Waals surface area contributed by atoms with Crippen LogP contribution in [0.5, 0.6) is 5.75 Å². The molecule has 3 aromatic heterocycles. The minimum Gasteiger partial charge on any atom is -0.479 e. The molecule has 0 radical (unpaired) electrons. The Morgan fingerprint density at radius 2 is 1.58 bits per heavy atom. The number of thiazole rings is 1. The largest absolute Gasteiger partial charge is 0.479 e. The molecule has 1 saturated heterocycles. The molecule has 5 amide bonds. The van der Waals surface area contributed by atoms with E-state index in [0.717, 1.165) is 70.5 Å². The van der Waals surface area contributed by atoms with Gasteiger partial charge in [0.15, 0.2) is 16.9 Å². The molecule has 4 saturated carbocycles. The molecule has 5 fully saturated rings. The second-order valence-electron chi connectivity index (χ2n) is 30.1. The monoisotopic (exact) mass is 1500 g/mol. The van der Waals surface area contributed by atoms with Gasteiger partial charge in [-0.15, -0.1) is 0 Å². The number of carbonyl (C=O) groups is 8. The quantitative estimate of drug-likeness (QED) is 0.0115. The number of hydrogen-bond donors (Lipinski definition) is 8. The number of aromatic nitrogens is 4. The van der Waals surface area contributed by atoms with Crippen molar-refractivity contribution in [3.05, 3.63) is 130 Å². The Kier molecular flexibility index (Phi) is 22.7. The fraction of sp³-hybridized carbons (Fsp3) is 0.507. The van der Waals surface area contributed by atoms with Gasteiger partial charge in [-0.25, -0.2) is 24.4 Å². The number of ether oxygens (including phenoxy) is 4. The predicted octanol–water partition coefficient (Wildman–Crippen LogP) is 7.44. The number of unbranched alkanes of at least 4 members (excludes halogenated alkanes) is 3. The maximum atomic E-state index is 13.9. The third-order valence-corrected chi connectivity index (χ3v) is 23.2. The van der Waals surface area contributed by atoms with Gasteiger partial charge < -0.3 is 59.6 Å². The molecule has 31 heteroatoms. The number of fused-ring (bicyclic) bond motifs is 2. The number of nitrogens with zero attached hydrogens (tertiary/aromatic N) is 7. The van der Waals surface area contributed by atoms with Crippen LogP contribution in [0.4, 0.5) is 15.7 Å². The van der Waals surface area contributed by atoms with Crippen molar-refractivity contribution in [1.82, 2.24) is 34.9 Å². The molecule has 6 aromatic rings. The number of carbonyl (C=O) groups excluding carboxylic acids is 6. The summed E-state index contributed by atoms with van der Waals surface area (Å²) in [6.07, 6.45) is 1.53. The zero-order valence-electron chi connectivity index (χ0n) is 59.4. The lowest BCUT2D eigenvalue weighted by Gasteiger charge is -2.69. The van der Waals surface area contributed by atoms with Crippen LogP contribution in [-0.4, -0.2) is 197 Å². The average Bonchev–Trinajstić information content (AvgIpc) is 0.733. The van der Waals surface area contributed by atoms with Crippen molar-refractivity contribution in [3.63, 3.8) is 0 Å². The highest BCUT2D eigenvalue weighted by atomic mass is 32.2. The number of Topliss-reactive ketones (excluding diaryl/α,β-unsaturated/α-hetero) is 1. The third-order valence-electron chi connectivity index (χ3n) is 21.4. The van der Waals surface area contributed by atoms with Gasteiger partial charge >= 0.3 is 18.0 Å². The van der Waals surface area contributed by atoms with Gasteiger partial charge in [0.05, 0.1) is 40.3 Å². The molecular formula is C75H89N9O20S2. The van der Waals surface area contributed by atoms with E-state index in [-0.39, 0.29) is 79.3 Å². The first kappa shape index (κ1) is 76.6. The minimum absolute atomic E-state index is 0.00722. The molecule has 2 unspecified atom stereocenters. The Hall–Kier alpha value is -9.08. The van der Waals surface area contributed by atoms with Crippen molar-refractivity contribution in [3.8, 4) is 16.9 Å². The molecule has 566 valence electrons. The minimum atomic E-state index is -4.69. The van der Waals surface area contributed by atoms with E-state index in [1.165, 1.54) is 34.5 Å². The summed E-state index contributed by atoms with van der Waals surface area (Å²) in [6.45, 7) is 8.39. The number of benzene rings is 3. The topological polar surface area (TPSA) is 406 Å². The third kappa shape index (κ3) is 17.5. The zero-order valence-corrected chi connectivity index (χ0v) is 61.1. The number of anilines is 2. The van der Waals surface area contributed by atoms with Gasteiger partial charge in [-0.05, 0) is 165 Å². The van der Waals surface area contributed by atoms with Crippen LogP contribution in [0.25, 0.3) is 21.3 Å². The fourth-order valence-corrected chi connectivity index (χ4v) is 19.2. The normalized spacial score (nSPS) is 24.8. The molecule has 4 aliphatic carbocycles. The lowest BCUT2D eigenvalue weighted by atomic mass is 9.39. The molecule has 7 aliphatic rings. The number of pyridine rings is 1. The second kappa shape index (κ2) is 31.4. The second-order valence-corrected chi connectivity index (χ2v) is 32.6. The number of likely N-dealkylation sites (N-methyl/N-ethyl adjacent to an activating group) is 1. The molecule has 0 spiro atoms. The van der Waals surface area contributed by atoms with Crippen LogP contribution in [0.15, 0.2) is 91.1 Å². The zero-order chi connectivity index (χ0) is 75.6. The molecule has 3 aliphatic heterocycles. The SMILES string of the molecule is Cc1c(-c2ccc(N3CCc4cccc(C(=O)Nc5nc6ccccc6s5)c4C3)nc2C(=O)O)cnn1CC12CC3(C)CC(C)(C1)CC(OCCN(C)C(=O)OCc1ccc(O[C@@H]4O[C@H](C(=O)O)[C@@H](O)[C@H](O)[C@H]4O)cc1CCCCNC(=O)[C@@H](CC(=O)CCCCCN1C(=O)C=CC1=O)CS(=O)(=O)O)(C3)C2. The van der Waals surface area contributed by atoms with Crippen molar-refractivity contribution < 1.29 is 95.8 Å². The Morgan fingerprint density at radius 1 is 0.830 bits per heavy atom. The molecule has 29 nitrogen and oxygen atoms in total. The molecule has 106 heavy (non-hydrogen) atoms. The summed E-state index contributed by atoms with van der Waals surface area (Å²) in [7, 11) is -3.09. The predicted molar refractivity (Wildman–Crippen MR) is 385 cm³/mol. The van der Waals surface area contributed by atoms with Gasteiger partial charge in [-0.1, -0.05) is 61.9 Å². The molecule has 6 heterocycles. The number of imide groups is 1. The summed E-state index contributed by atoms with van der Waals surface area (Å²) in [5.41, 5.74) is 5.13. The van der Waals surface area contributed by atoms with E-state index in [4.69, 9.17) is 29.0 Å². The first-order valence-electron chi connectivity index (χ1n) is 35.7. The standard InChI is InChI=1S/C75H89N9O20S2/c1-44-53(51-21-22-57(79-60(51)67(93)94)82-28-25-45-14-12-16-52(54(45)34-82)66(92)80-70-78-55-17-7-8-18-56(55)105-70)33-77-84(44)43-74-38-72(2)37-73(3,39-74)41-75(40-72,42-74)102-30-29-81(4)71(97)101-35-47-19-20-50(103-69-63(90)61(88)62(89)64(104-69)68(95)96)32-46(47)13-9-10-26-76-65(91)48(36-106(98,99)100)31-49(85)15-6-5-11-27-83-58(86)23-24-59(83)87/h7-8,12,14,16-24,32-33,48,61-64,69,88-90H,5-6,9-11,13,15,25-31,34-43H2,1-4H3,(H,76,91)(H,93,94)(H,95,96)(H,78,80,92)(H,98,99,100)/t48-,61-,62-,63+,64-,69+,72?,73?,74?,75?/m0/s1. The van der Waals surface area contributed by atoms with Crippen LogP contribution < -0.4 is 20.3 Å².